The first-order chi connectivity index (χ1) is 6.77. The lowest BCUT2D eigenvalue weighted by Gasteiger charge is -2.02. The van der Waals surface area contributed by atoms with Gasteiger partial charge in [-0.05, 0) is 39.2 Å². The van der Waals surface area contributed by atoms with Gasteiger partial charge in [-0.15, -0.1) is 0 Å². The molecule has 0 bridgehead atoms. The van der Waals surface area contributed by atoms with Gasteiger partial charge in [-0.1, -0.05) is 36.4 Å². The van der Waals surface area contributed by atoms with Gasteiger partial charge in [-0.2, -0.15) is 0 Å². The van der Waals surface area contributed by atoms with E-state index in [0.29, 0.717) is 4.47 Å². The molecule has 0 amide bonds. The third-order valence-electron chi connectivity index (χ3n) is 2.03. The Labute approximate surface area is 90.5 Å². The minimum Gasteiger partial charge on any atom is -0.206 e. The third kappa shape index (κ3) is 1.85. The minimum absolute atomic E-state index is 0.230. The third-order valence-corrected chi connectivity index (χ3v) is 2.67. The van der Waals surface area contributed by atoms with E-state index < -0.39 is 0 Å². The fourth-order valence-corrected chi connectivity index (χ4v) is 1.55. The number of halogens is 2. The van der Waals surface area contributed by atoms with Crippen molar-refractivity contribution in [3.05, 3.63) is 58.8 Å². The van der Waals surface area contributed by atoms with Gasteiger partial charge in [0.25, 0.3) is 0 Å². The molecule has 0 aliphatic rings. The molecule has 14 heavy (non-hydrogen) atoms. The van der Waals surface area contributed by atoms with Crippen molar-refractivity contribution in [3.8, 4) is 11.1 Å². The Bertz CT molecular complexity index is 437. The van der Waals surface area contributed by atoms with Crippen molar-refractivity contribution in [1.82, 2.24) is 0 Å². The van der Waals surface area contributed by atoms with Crippen LogP contribution in [-0.2, 0) is 0 Å². The van der Waals surface area contributed by atoms with Crippen LogP contribution in [0.4, 0.5) is 4.39 Å². The summed E-state index contributed by atoms with van der Waals surface area (Å²) < 4.78 is 13.7. The van der Waals surface area contributed by atoms with Gasteiger partial charge in [0, 0.05) is 0 Å². The van der Waals surface area contributed by atoms with Gasteiger partial charge < -0.3 is 0 Å². The molecule has 2 heteroatoms. The van der Waals surface area contributed by atoms with Gasteiger partial charge in [-0.25, -0.2) is 4.39 Å². The Hall–Kier alpha value is -1.15. The van der Waals surface area contributed by atoms with Crippen LogP contribution in [0.3, 0.4) is 0 Å². The summed E-state index contributed by atoms with van der Waals surface area (Å²) in [5, 5.41) is 0. The fraction of sp³-hybridized carbons (Fsp3) is 0. The summed E-state index contributed by atoms with van der Waals surface area (Å²) in [4.78, 5) is 0. The molecule has 70 valence electrons. The average molecular weight is 251 g/mol. The van der Waals surface area contributed by atoms with E-state index in [1.807, 2.05) is 36.4 Å². The zero-order valence-electron chi connectivity index (χ0n) is 7.37. The summed E-state index contributed by atoms with van der Waals surface area (Å²) in [6.07, 6.45) is 0. The summed E-state index contributed by atoms with van der Waals surface area (Å²) in [6.45, 7) is 0. The fourth-order valence-electron chi connectivity index (χ4n) is 1.31. The van der Waals surface area contributed by atoms with Crippen molar-refractivity contribution in [1.29, 1.82) is 0 Å². The van der Waals surface area contributed by atoms with Gasteiger partial charge in [0.2, 0.25) is 0 Å². The predicted octanol–water partition coefficient (Wildman–Crippen LogP) is 4.26. The van der Waals surface area contributed by atoms with E-state index in [1.165, 1.54) is 6.07 Å². The standard InChI is InChI=1S/C12H8BrF/c13-11-7-6-10(8-12(11)14)9-4-2-1-3-5-9/h1-8H. The van der Waals surface area contributed by atoms with Gasteiger partial charge in [0.05, 0.1) is 4.47 Å². The summed E-state index contributed by atoms with van der Waals surface area (Å²) >= 11 is 3.13. The maximum absolute atomic E-state index is 13.2. The molecule has 0 saturated heterocycles. The van der Waals surface area contributed by atoms with Crippen LogP contribution >= 0.6 is 15.9 Å². The first-order valence-corrected chi connectivity index (χ1v) is 5.07. The van der Waals surface area contributed by atoms with Crippen molar-refractivity contribution in [2.24, 2.45) is 0 Å². The lowest BCUT2D eigenvalue weighted by atomic mass is 10.1. The highest BCUT2D eigenvalue weighted by atomic mass is 79.9. The zero-order chi connectivity index (χ0) is 9.97. The molecule has 2 aromatic carbocycles. The molecular formula is C12H8BrF. The van der Waals surface area contributed by atoms with Crippen molar-refractivity contribution in [2.75, 3.05) is 0 Å². The first kappa shape index (κ1) is 9.41. The lowest BCUT2D eigenvalue weighted by molar-refractivity contribution is 0.621. The van der Waals surface area contributed by atoms with E-state index in [9.17, 15) is 4.39 Å². The van der Waals surface area contributed by atoms with Crippen LogP contribution in [0.15, 0.2) is 53.0 Å². The smallest absolute Gasteiger partial charge is 0.137 e. The Morgan fingerprint density at radius 1 is 0.857 bits per heavy atom. The van der Waals surface area contributed by atoms with Crippen molar-refractivity contribution in [3.63, 3.8) is 0 Å². The predicted molar refractivity (Wildman–Crippen MR) is 59.5 cm³/mol. The SMILES string of the molecule is Fc1cc(-c2ccccc2)ccc1Br. The van der Waals surface area contributed by atoms with Gasteiger partial charge in [0.1, 0.15) is 5.82 Å². The van der Waals surface area contributed by atoms with Crippen LogP contribution in [-0.4, -0.2) is 0 Å². The molecule has 0 saturated carbocycles. The van der Waals surface area contributed by atoms with Crippen LogP contribution in [0.25, 0.3) is 11.1 Å². The van der Waals surface area contributed by atoms with E-state index in [-0.39, 0.29) is 5.82 Å². The highest BCUT2D eigenvalue weighted by Crippen LogP contribution is 2.23. The molecule has 0 heterocycles. The van der Waals surface area contributed by atoms with E-state index >= 15 is 0 Å². The van der Waals surface area contributed by atoms with Gasteiger partial charge in [-0.3, -0.25) is 0 Å². The molecule has 0 N–H and O–H groups in total. The average Bonchev–Trinajstić information content (AvgIpc) is 2.23. The number of benzene rings is 2. The van der Waals surface area contributed by atoms with E-state index in [0.717, 1.165) is 11.1 Å². The Balaban J connectivity index is 2.48. The molecular weight excluding hydrogens is 243 g/mol. The normalized spacial score (nSPS) is 10.1. The van der Waals surface area contributed by atoms with Crippen molar-refractivity contribution < 1.29 is 4.39 Å². The summed E-state index contributed by atoms with van der Waals surface area (Å²) in [5.74, 6) is -0.230. The molecule has 0 aromatic heterocycles. The molecule has 0 spiro atoms. The van der Waals surface area contributed by atoms with Crippen molar-refractivity contribution in [2.45, 2.75) is 0 Å². The molecule has 0 atom stereocenters. The zero-order valence-corrected chi connectivity index (χ0v) is 8.96. The number of rotatable bonds is 1. The highest BCUT2D eigenvalue weighted by Gasteiger charge is 2.01. The quantitative estimate of drug-likeness (QED) is 0.710. The monoisotopic (exact) mass is 250 g/mol. The van der Waals surface area contributed by atoms with Crippen LogP contribution in [0.2, 0.25) is 0 Å². The summed E-state index contributed by atoms with van der Waals surface area (Å²) in [6, 6.07) is 14.9. The van der Waals surface area contributed by atoms with E-state index in [1.54, 1.807) is 6.07 Å². The molecule has 0 nitrogen and oxygen atoms in total. The van der Waals surface area contributed by atoms with E-state index in [2.05, 4.69) is 15.9 Å². The molecule has 0 unspecified atom stereocenters. The van der Waals surface area contributed by atoms with Crippen LogP contribution in [0.5, 0.6) is 0 Å². The number of hydrogen-bond acceptors (Lipinski definition) is 0. The summed E-state index contributed by atoms with van der Waals surface area (Å²) in [7, 11) is 0. The number of hydrogen-bond donors (Lipinski definition) is 0. The first-order valence-electron chi connectivity index (χ1n) is 4.28. The molecule has 2 aromatic rings. The lowest BCUT2D eigenvalue weighted by Crippen LogP contribution is -1.80. The molecule has 2 rings (SSSR count). The van der Waals surface area contributed by atoms with Gasteiger partial charge in [0.15, 0.2) is 0 Å². The second kappa shape index (κ2) is 3.93. The Morgan fingerprint density at radius 2 is 1.57 bits per heavy atom. The van der Waals surface area contributed by atoms with E-state index in [4.69, 9.17) is 0 Å². The van der Waals surface area contributed by atoms with Crippen LogP contribution in [0, 0.1) is 5.82 Å². The second-order valence-corrected chi connectivity index (χ2v) is 3.85. The molecule has 0 fully saturated rings. The van der Waals surface area contributed by atoms with Gasteiger partial charge >= 0.3 is 0 Å². The second-order valence-electron chi connectivity index (χ2n) is 2.99. The Morgan fingerprint density at radius 3 is 2.21 bits per heavy atom. The summed E-state index contributed by atoms with van der Waals surface area (Å²) in [5.41, 5.74) is 1.92. The molecule has 0 aliphatic heterocycles. The van der Waals surface area contributed by atoms with Crippen LogP contribution < -0.4 is 0 Å². The van der Waals surface area contributed by atoms with Crippen LogP contribution in [0.1, 0.15) is 0 Å². The molecule has 0 aliphatic carbocycles. The van der Waals surface area contributed by atoms with Crippen molar-refractivity contribution >= 4 is 15.9 Å². The maximum atomic E-state index is 13.2. The largest absolute Gasteiger partial charge is 0.206 e. The Kier molecular flexibility index (Phi) is 2.64. The maximum Gasteiger partial charge on any atom is 0.137 e. The minimum atomic E-state index is -0.230. The highest BCUT2D eigenvalue weighted by molar-refractivity contribution is 9.10. The topological polar surface area (TPSA) is 0 Å². The molecule has 0 radical (unpaired) electrons.